The van der Waals surface area contributed by atoms with Crippen LogP contribution >= 0.6 is 11.3 Å². The number of ether oxygens (including phenoxy) is 1. The molecule has 1 atom stereocenters. The van der Waals surface area contributed by atoms with Gasteiger partial charge in [-0.05, 0) is 61.7 Å². The van der Waals surface area contributed by atoms with Crippen molar-refractivity contribution in [3.05, 3.63) is 83.2 Å². The lowest BCUT2D eigenvalue weighted by molar-refractivity contribution is -0.123. The average molecular weight is 445 g/mol. The number of hydrogen-bond acceptors (Lipinski definition) is 6. The largest absolute Gasteiger partial charge is 0.449 e. The summed E-state index contributed by atoms with van der Waals surface area (Å²) in [5, 5.41) is 5.30. The number of aromatic nitrogens is 1. The number of anilines is 1. The standard InChI is InChI=1S/C25H20N2O4S/c1-15(28)17-9-11-18(12-10-17)26-24(29)16(2)31-25(30)20-14-22(23-8-5-13-32-23)27-21-7-4-3-6-19(20)21/h3-14,16H,1-2H3,(H,26,29)/t16-/m1/s1. The third kappa shape index (κ3) is 4.58. The van der Waals surface area contributed by atoms with Crippen molar-refractivity contribution in [2.24, 2.45) is 0 Å². The second kappa shape index (κ2) is 9.11. The Morgan fingerprint density at radius 3 is 2.44 bits per heavy atom. The van der Waals surface area contributed by atoms with Crippen LogP contribution in [0, 0.1) is 0 Å². The molecule has 1 N–H and O–H groups in total. The number of benzene rings is 2. The first-order valence-corrected chi connectivity index (χ1v) is 10.9. The Hall–Kier alpha value is -3.84. The van der Waals surface area contributed by atoms with E-state index in [0.717, 1.165) is 4.88 Å². The number of nitrogens with one attached hydrogen (secondary N) is 1. The van der Waals surface area contributed by atoms with E-state index < -0.39 is 18.0 Å². The van der Waals surface area contributed by atoms with Crippen molar-refractivity contribution >= 4 is 45.6 Å². The molecule has 4 rings (SSSR count). The SMILES string of the molecule is CC(=O)c1ccc(NC(=O)[C@@H](C)OC(=O)c2cc(-c3cccs3)nc3ccccc23)cc1. The zero-order chi connectivity index (χ0) is 22.7. The van der Waals surface area contributed by atoms with Gasteiger partial charge in [-0.3, -0.25) is 9.59 Å². The van der Waals surface area contributed by atoms with Gasteiger partial charge < -0.3 is 10.1 Å². The van der Waals surface area contributed by atoms with E-state index in [1.54, 1.807) is 36.4 Å². The van der Waals surface area contributed by atoms with Gasteiger partial charge >= 0.3 is 5.97 Å². The Bertz CT molecular complexity index is 1300. The molecule has 32 heavy (non-hydrogen) atoms. The van der Waals surface area contributed by atoms with Crippen molar-refractivity contribution in [3.63, 3.8) is 0 Å². The maximum atomic E-state index is 13.0. The number of fused-ring (bicyclic) bond motifs is 1. The van der Waals surface area contributed by atoms with Gasteiger partial charge in [0.1, 0.15) is 0 Å². The van der Waals surface area contributed by atoms with Gasteiger partial charge in [-0.25, -0.2) is 9.78 Å². The Morgan fingerprint density at radius 2 is 1.75 bits per heavy atom. The smallest absolute Gasteiger partial charge is 0.339 e. The molecule has 0 aliphatic heterocycles. The van der Waals surface area contributed by atoms with Crippen LogP contribution in [0.15, 0.2) is 72.1 Å². The second-order valence-corrected chi connectivity index (χ2v) is 8.17. The van der Waals surface area contributed by atoms with Crippen molar-refractivity contribution in [2.45, 2.75) is 20.0 Å². The normalized spacial score (nSPS) is 11.7. The molecule has 0 bridgehead atoms. The topological polar surface area (TPSA) is 85.4 Å². The molecular formula is C25H20N2O4S. The summed E-state index contributed by atoms with van der Waals surface area (Å²) in [5.41, 5.74) is 2.76. The van der Waals surface area contributed by atoms with Crippen molar-refractivity contribution < 1.29 is 19.1 Å². The van der Waals surface area contributed by atoms with Gasteiger partial charge in [0.15, 0.2) is 11.9 Å². The third-order valence-corrected chi connectivity index (χ3v) is 5.81. The van der Waals surface area contributed by atoms with Crippen molar-refractivity contribution in [3.8, 4) is 10.6 Å². The van der Waals surface area contributed by atoms with E-state index in [1.807, 2.05) is 35.7 Å². The summed E-state index contributed by atoms with van der Waals surface area (Å²) < 4.78 is 5.48. The molecule has 1 amide bonds. The van der Waals surface area contributed by atoms with Crippen LogP contribution in [0.4, 0.5) is 5.69 Å². The predicted octanol–water partition coefficient (Wildman–Crippen LogP) is 5.35. The van der Waals surface area contributed by atoms with E-state index in [1.165, 1.54) is 25.2 Å². The van der Waals surface area contributed by atoms with Crippen LogP contribution in [-0.4, -0.2) is 28.7 Å². The molecule has 0 spiro atoms. The number of thiophene rings is 1. The van der Waals surface area contributed by atoms with Gasteiger partial charge in [-0.1, -0.05) is 24.3 Å². The summed E-state index contributed by atoms with van der Waals surface area (Å²) in [6.07, 6.45) is -1.02. The highest BCUT2D eigenvalue weighted by Gasteiger charge is 2.22. The Labute approximate surface area is 188 Å². The van der Waals surface area contributed by atoms with Crippen molar-refractivity contribution in [2.75, 3.05) is 5.32 Å². The molecule has 2 heterocycles. The van der Waals surface area contributed by atoms with Crippen LogP contribution in [-0.2, 0) is 9.53 Å². The number of hydrogen-bond donors (Lipinski definition) is 1. The van der Waals surface area contributed by atoms with Gasteiger partial charge in [-0.15, -0.1) is 11.3 Å². The lowest BCUT2D eigenvalue weighted by Gasteiger charge is -2.15. The highest BCUT2D eigenvalue weighted by molar-refractivity contribution is 7.13. The molecule has 0 aliphatic carbocycles. The van der Waals surface area contributed by atoms with Gasteiger partial charge in [0.05, 0.1) is 21.7 Å². The number of Topliss-reactive ketones (excluding diaryl/α,β-unsaturated/α-hetero) is 1. The van der Waals surface area contributed by atoms with Crippen LogP contribution in [0.3, 0.4) is 0 Å². The zero-order valence-corrected chi connectivity index (χ0v) is 18.3. The summed E-state index contributed by atoms with van der Waals surface area (Å²) in [6.45, 7) is 2.99. The first-order chi connectivity index (χ1) is 15.4. The number of ketones is 1. The number of carbonyl (C=O) groups is 3. The summed E-state index contributed by atoms with van der Waals surface area (Å²) >= 11 is 1.53. The number of nitrogens with zero attached hydrogens (tertiary/aromatic N) is 1. The summed E-state index contributed by atoms with van der Waals surface area (Å²) in [6, 6.07) is 19.4. The molecule has 0 fully saturated rings. The van der Waals surface area contributed by atoms with Crippen molar-refractivity contribution in [1.29, 1.82) is 0 Å². The fourth-order valence-electron chi connectivity index (χ4n) is 3.20. The van der Waals surface area contributed by atoms with E-state index in [-0.39, 0.29) is 5.78 Å². The summed E-state index contributed by atoms with van der Waals surface area (Å²) in [5.74, 6) is -1.13. The lowest BCUT2D eigenvalue weighted by atomic mass is 10.1. The fourth-order valence-corrected chi connectivity index (χ4v) is 3.89. The van der Waals surface area contributed by atoms with E-state index in [2.05, 4.69) is 10.3 Å². The van der Waals surface area contributed by atoms with Crippen molar-refractivity contribution in [1.82, 2.24) is 4.98 Å². The summed E-state index contributed by atoms with van der Waals surface area (Å²) in [4.78, 5) is 42.5. The van der Waals surface area contributed by atoms with E-state index in [9.17, 15) is 14.4 Å². The van der Waals surface area contributed by atoms with E-state index in [4.69, 9.17) is 4.74 Å². The molecule has 0 radical (unpaired) electrons. The minimum Gasteiger partial charge on any atom is -0.449 e. The first kappa shape index (κ1) is 21.4. The number of esters is 1. The Balaban J connectivity index is 1.54. The predicted molar refractivity (Wildman–Crippen MR) is 125 cm³/mol. The molecule has 2 aromatic heterocycles. The van der Waals surface area contributed by atoms with Crippen LogP contribution in [0.5, 0.6) is 0 Å². The fraction of sp³-hybridized carbons (Fsp3) is 0.120. The number of amides is 1. The average Bonchev–Trinajstić information content (AvgIpc) is 3.33. The monoisotopic (exact) mass is 444 g/mol. The number of para-hydroxylation sites is 1. The molecule has 0 saturated carbocycles. The molecule has 6 nitrogen and oxygen atoms in total. The van der Waals surface area contributed by atoms with Gasteiger partial charge in [0.25, 0.3) is 5.91 Å². The maximum absolute atomic E-state index is 13.0. The quantitative estimate of drug-likeness (QED) is 0.320. The zero-order valence-electron chi connectivity index (χ0n) is 17.5. The second-order valence-electron chi connectivity index (χ2n) is 7.22. The Morgan fingerprint density at radius 1 is 1.00 bits per heavy atom. The number of pyridine rings is 1. The van der Waals surface area contributed by atoms with Gasteiger partial charge in [0, 0.05) is 16.6 Å². The maximum Gasteiger partial charge on any atom is 0.339 e. The highest BCUT2D eigenvalue weighted by atomic mass is 32.1. The molecule has 0 aliphatic rings. The third-order valence-electron chi connectivity index (χ3n) is 4.92. The highest BCUT2D eigenvalue weighted by Crippen LogP contribution is 2.28. The molecule has 7 heteroatoms. The molecule has 2 aromatic carbocycles. The van der Waals surface area contributed by atoms with E-state index >= 15 is 0 Å². The van der Waals surface area contributed by atoms with Gasteiger partial charge in [0.2, 0.25) is 0 Å². The van der Waals surface area contributed by atoms with Crippen LogP contribution in [0.2, 0.25) is 0 Å². The van der Waals surface area contributed by atoms with Crippen LogP contribution in [0.25, 0.3) is 21.5 Å². The van der Waals surface area contributed by atoms with E-state index in [0.29, 0.717) is 33.4 Å². The minimum atomic E-state index is -1.02. The molecule has 160 valence electrons. The van der Waals surface area contributed by atoms with Crippen LogP contribution in [0.1, 0.15) is 34.6 Å². The summed E-state index contributed by atoms with van der Waals surface area (Å²) in [7, 11) is 0. The Kier molecular flexibility index (Phi) is 6.09. The lowest BCUT2D eigenvalue weighted by Crippen LogP contribution is -2.30. The minimum absolute atomic E-state index is 0.0586. The van der Waals surface area contributed by atoms with Crippen LogP contribution < -0.4 is 5.32 Å². The molecule has 0 saturated heterocycles. The van der Waals surface area contributed by atoms with Gasteiger partial charge in [-0.2, -0.15) is 0 Å². The molecular weight excluding hydrogens is 424 g/mol. The number of rotatable bonds is 6. The molecule has 4 aromatic rings. The number of carbonyl (C=O) groups excluding carboxylic acids is 3. The molecule has 0 unspecified atom stereocenters. The first-order valence-electron chi connectivity index (χ1n) is 9.99.